The second-order valence-corrected chi connectivity index (χ2v) is 11.0. The first kappa shape index (κ1) is 22.7. The topological polar surface area (TPSA) is 6.48 Å². The first-order valence-electron chi connectivity index (χ1n) is 12.4. The van der Waals surface area contributed by atoms with Crippen LogP contribution in [0, 0.1) is 0 Å². The third-order valence-corrected chi connectivity index (χ3v) is 9.03. The summed E-state index contributed by atoms with van der Waals surface area (Å²) in [5.41, 5.74) is 4.92. The SMILES string of the molecule is CN(Cc1ccccc1)CC(CCN1CCC2(CC1)CSc1ccccc12)c1ccccc1. The van der Waals surface area contributed by atoms with E-state index in [0.717, 1.165) is 13.1 Å². The summed E-state index contributed by atoms with van der Waals surface area (Å²) in [5.74, 6) is 1.84. The standard InChI is InChI=1S/C30H36N2S/c1-31(22-25-10-4-2-5-11-25)23-27(26-12-6-3-7-13-26)16-19-32-20-17-30(18-21-32)24-33-29-15-9-8-14-28(29)30/h2-15,27H,16-24H2,1H3. The van der Waals surface area contributed by atoms with E-state index in [4.69, 9.17) is 0 Å². The van der Waals surface area contributed by atoms with Crippen molar-refractivity contribution in [3.63, 3.8) is 0 Å². The second kappa shape index (κ2) is 10.5. The quantitative estimate of drug-likeness (QED) is 0.385. The molecule has 33 heavy (non-hydrogen) atoms. The molecule has 0 amide bonds. The van der Waals surface area contributed by atoms with Crippen LogP contribution in [0.1, 0.15) is 41.9 Å². The minimum atomic E-state index is 0.423. The second-order valence-electron chi connectivity index (χ2n) is 9.99. The first-order chi connectivity index (χ1) is 16.2. The third kappa shape index (κ3) is 5.37. The highest BCUT2D eigenvalue weighted by molar-refractivity contribution is 7.99. The molecular weight excluding hydrogens is 420 g/mol. The van der Waals surface area contributed by atoms with E-state index in [1.807, 2.05) is 0 Å². The van der Waals surface area contributed by atoms with Gasteiger partial charge in [-0.2, -0.15) is 0 Å². The number of likely N-dealkylation sites (tertiary alicyclic amines) is 1. The molecule has 0 N–H and O–H groups in total. The summed E-state index contributed by atoms with van der Waals surface area (Å²) in [5, 5.41) is 0. The lowest BCUT2D eigenvalue weighted by molar-refractivity contribution is 0.163. The summed E-state index contributed by atoms with van der Waals surface area (Å²) in [7, 11) is 2.27. The maximum Gasteiger partial charge on any atom is 0.0230 e. The maximum atomic E-state index is 2.73. The Bertz CT molecular complexity index is 1010. The van der Waals surface area contributed by atoms with Crippen molar-refractivity contribution in [1.82, 2.24) is 9.80 Å². The van der Waals surface area contributed by atoms with E-state index in [9.17, 15) is 0 Å². The van der Waals surface area contributed by atoms with Crippen LogP contribution >= 0.6 is 11.8 Å². The molecule has 2 aliphatic rings. The van der Waals surface area contributed by atoms with E-state index in [0.29, 0.717) is 11.3 Å². The van der Waals surface area contributed by atoms with Crippen LogP contribution in [0.25, 0.3) is 0 Å². The van der Waals surface area contributed by atoms with E-state index in [1.54, 1.807) is 5.56 Å². The average Bonchev–Trinajstić information content (AvgIpc) is 3.22. The van der Waals surface area contributed by atoms with Crippen molar-refractivity contribution in [1.29, 1.82) is 0 Å². The molecule has 0 saturated carbocycles. The van der Waals surface area contributed by atoms with Crippen molar-refractivity contribution in [3.8, 4) is 0 Å². The van der Waals surface area contributed by atoms with Gasteiger partial charge in [0, 0.05) is 29.2 Å². The van der Waals surface area contributed by atoms with Crippen molar-refractivity contribution in [2.45, 2.75) is 42.0 Å². The highest BCUT2D eigenvalue weighted by Crippen LogP contribution is 2.49. The summed E-state index contributed by atoms with van der Waals surface area (Å²) in [6.45, 7) is 5.77. The molecule has 3 aromatic rings. The summed E-state index contributed by atoms with van der Waals surface area (Å²) in [6.07, 6.45) is 3.84. The van der Waals surface area contributed by atoms with Crippen LogP contribution in [0.15, 0.2) is 89.8 Å². The minimum Gasteiger partial charge on any atom is -0.303 e. The number of benzene rings is 3. The molecule has 172 valence electrons. The van der Waals surface area contributed by atoms with Gasteiger partial charge in [-0.3, -0.25) is 0 Å². The van der Waals surface area contributed by atoms with Gasteiger partial charge in [0.05, 0.1) is 0 Å². The lowest BCUT2D eigenvalue weighted by atomic mass is 9.74. The fourth-order valence-corrected chi connectivity index (χ4v) is 7.20. The monoisotopic (exact) mass is 456 g/mol. The number of likely N-dealkylation sites (N-methyl/N-ethyl adjacent to an activating group) is 1. The molecule has 1 spiro atoms. The van der Waals surface area contributed by atoms with Crippen LogP contribution in [0.5, 0.6) is 0 Å². The van der Waals surface area contributed by atoms with Gasteiger partial charge < -0.3 is 9.80 Å². The zero-order valence-electron chi connectivity index (χ0n) is 19.8. The van der Waals surface area contributed by atoms with Crippen molar-refractivity contribution >= 4 is 11.8 Å². The summed E-state index contributed by atoms with van der Waals surface area (Å²) in [4.78, 5) is 6.74. The number of hydrogen-bond acceptors (Lipinski definition) is 3. The number of rotatable bonds is 8. The van der Waals surface area contributed by atoms with Crippen molar-refractivity contribution in [2.75, 3.05) is 39.0 Å². The Morgan fingerprint density at radius 2 is 1.55 bits per heavy atom. The van der Waals surface area contributed by atoms with Crippen molar-refractivity contribution in [2.24, 2.45) is 0 Å². The Morgan fingerprint density at radius 3 is 2.30 bits per heavy atom. The molecule has 2 heterocycles. The van der Waals surface area contributed by atoms with Gasteiger partial charge in [-0.15, -0.1) is 11.8 Å². The first-order valence-corrected chi connectivity index (χ1v) is 13.4. The van der Waals surface area contributed by atoms with Crippen molar-refractivity contribution < 1.29 is 0 Å². The largest absolute Gasteiger partial charge is 0.303 e. The van der Waals surface area contributed by atoms with Gasteiger partial charge in [0.2, 0.25) is 0 Å². The molecule has 1 saturated heterocycles. The Labute approximate surface area is 204 Å². The molecule has 0 aliphatic carbocycles. The van der Waals surface area contributed by atoms with Gasteiger partial charge in [0.1, 0.15) is 0 Å². The molecule has 1 fully saturated rings. The van der Waals surface area contributed by atoms with E-state index in [1.165, 1.54) is 60.7 Å². The molecule has 1 atom stereocenters. The molecule has 5 rings (SSSR count). The van der Waals surface area contributed by atoms with E-state index < -0.39 is 0 Å². The molecule has 3 heteroatoms. The Morgan fingerprint density at radius 1 is 0.879 bits per heavy atom. The van der Waals surface area contributed by atoms with E-state index in [2.05, 4.69) is 114 Å². The molecule has 0 radical (unpaired) electrons. The Kier molecular flexibility index (Phi) is 7.20. The molecule has 2 aliphatic heterocycles. The van der Waals surface area contributed by atoms with Gasteiger partial charge in [0.15, 0.2) is 0 Å². The zero-order chi connectivity index (χ0) is 22.5. The normalized spacial score (nSPS) is 18.5. The minimum absolute atomic E-state index is 0.423. The van der Waals surface area contributed by atoms with Crippen molar-refractivity contribution in [3.05, 3.63) is 102 Å². The number of nitrogens with zero attached hydrogens (tertiary/aromatic N) is 2. The van der Waals surface area contributed by atoms with E-state index in [-0.39, 0.29) is 0 Å². The van der Waals surface area contributed by atoms with Crippen LogP contribution in [-0.4, -0.2) is 48.8 Å². The predicted octanol–water partition coefficient (Wildman–Crippen LogP) is 6.43. The number of hydrogen-bond donors (Lipinski definition) is 0. The Hall–Kier alpha value is -2.07. The molecule has 3 aromatic carbocycles. The average molecular weight is 457 g/mol. The van der Waals surface area contributed by atoms with Crippen LogP contribution < -0.4 is 0 Å². The van der Waals surface area contributed by atoms with E-state index >= 15 is 0 Å². The lowest BCUT2D eigenvalue weighted by Crippen LogP contribution is -2.43. The molecule has 1 unspecified atom stereocenters. The molecule has 0 aromatic heterocycles. The van der Waals surface area contributed by atoms with Gasteiger partial charge in [-0.25, -0.2) is 0 Å². The predicted molar refractivity (Wildman–Crippen MR) is 141 cm³/mol. The van der Waals surface area contributed by atoms with Crippen LogP contribution in [0.3, 0.4) is 0 Å². The summed E-state index contributed by atoms with van der Waals surface area (Å²) < 4.78 is 0. The fourth-order valence-electron chi connectivity index (χ4n) is 5.71. The summed E-state index contributed by atoms with van der Waals surface area (Å²) in [6, 6.07) is 31.1. The molecule has 2 nitrogen and oxygen atoms in total. The van der Waals surface area contributed by atoms with Gasteiger partial charge in [-0.1, -0.05) is 78.9 Å². The van der Waals surface area contributed by atoms with Crippen LogP contribution in [0.4, 0.5) is 0 Å². The smallest absolute Gasteiger partial charge is 0.0230 e. The van der Waals surface area contributed by atoms with Crippen LogP contribution in [0.2, 0.25) is 0 Å². The van der Waals surface area contributed by atoms with Gasteiger partial charge in [-0.05, 0) is 74.6 Å². The lowest BCUT2D eigenvalue weighted by Gasteiger charge is -2.40. The highest BCUT2D eigenvalue weighted by atomic mass is 32.2. The van der Waals surface area contributed by atoms with Gasteiger partial charge >= 0.3 is 0 Å². The zero-order valence-corrected chi connectivity index (χ0v) is 20.6. The maximum absolute atomic E-state index is 2.73. The third-order valence-electron chi connectivity index (χ3n) is 7.67. The van der Waals surface area contributed by atoms with Crippen LogP contribution in [-0.2, 0) is 12.0 Å². The summed E-state index contributed by atoms with van der Waals surface area (Å²) >= 11 is 2.07. The number of fused-ring (bicyclic) bond motifs is 2. The number of thioether (sulfide) groups is 1. The molecular formula is C30H36N2S. The Balaban J connectivity index is 1.19. The highest BCUT2D eigenvalue weighted by Gasteiger charge is 2.41. The van der Waals surface area contributed by atoms with Gasteiger partial charge in [0.25, 0.3) is 0 Å². The molecule has 0 bridgehead atoms. The fraction of sp³-hybridized carbons (Fsp3) is 0.400. The number of piperidine rings is 1.